The topological polar surface area (TPSA) is 179 Å². The summed E-state index contributed by atoms with van der Waals surface area (Å²) in [7, 11) is 0. The molecule has 2 heterocycles. The van der Waals surface area contributed by atoms with Gasteiger partial charge in [0.1, 0.15) is 49.4 Å². The van der Waals surface area contributed by atoms with Gasteiger partial charge in [0.2, 0.25) is 0 Å². The molecule has 0 bridgehead atoms. The number of ether oxygens (including phenoxy) is 4. The SMILES string of the molecule is Cc1c(COc2cc(OCc3cncc(N)c3)c(CNCCO)cc2Cl)cccc1-c1cccc(COc2cc(OCc3cncc(N)c3)c(CNCCO)cc2Cl)c1C. The summed E-state index contributed by atoms with van der Waals surface area (Å²) in [5.41, 5.74) is 22.5. The summed E-state index contributed by atoms with van der Waals surface area (Å²) < 4.78 is 25.2. The van der Waals surface area contributed by atoms with Gasteiger partial charge in [0.05, 0.1) is 34.6 Å². The molecule has 314 valence electrons. The van der Waals surface area contributed by atoms with Gasteiger partial charge in [-0.25, -0.2) is 0 Å². The van der Waals surface area contributed by atoms with Crippen LogP contribution in [0.1, 0.15) is 44.5 Å². The van der Waals surface area contributed by atoms with Crippen LogP contribution in [-0.4, -0.2) is 46.5 Å². The van der Waals surface area contributed by atoms with Crippen LogP contribution in [0, 0.1) is 13.8 Å². The van der Waals surface area contributed by atoms with Crippen molar-refractivity contribution in [1.82, 2.24) is 20.6 Å². The summed E-state index contributed by atoms with van der Waals surface area (Å²) in [6.07, 6.45) is 6.58. The molecule has 14 heteroatoms. The van der Waals surface area contributed by atoms with Crippen molar-refractivity contribution in [2.45, 2.75) is 53.4 Å². The molecule has 6 rings (SSSR count). The van der Waals surface area contributed by atoms with Crippen molar-refractivity contribution in [2.24, 2.45) is 0 Å². The number of aliphatic hydroxyl groups is 2. The van der Waals surface area contributed by atoms with Crippen molar-refractivity contribution in [2.75, 3.05) is 37.8 Å². The van der Waals surface area contributed by atoms with E-state index in [0.29, 0.717) is 70.6 Å². The Labute approximate surface area is 360 Å². The normalized spacial score (nSPS) is 11.1. The smallest absolute Gasteiger partial charge is 0.142 e. The number of aliphatic hydroxyl groups excluding tert-OH is 2. The Kier molecular flexibility index (Phi) is 15.8. The lowest BCUT2D eigenvalue weighted by Crippen LogP contribution is -2.18. The van der Waals surface area contributed by atoms with E-state index in [1.807, 2.05) is 48.5 Å². The van der Waals surface area contributed by atoms with E-state index >= 15 is 0 Å². The molecule has 0 aliphatic carbocycles. The summed E-state index contributed by atoms with van der Waals surface area (Å²) in [6, 6.07) is 23.2. The van der Waals surface area contributed by atoms with Gasteiger partial charge in [-0.1, -0.05) is 59.6 Å². The number of halogens is 2. The van der Waals surface area contributed by atoms with E-state index in [0.717, 1.165) is 55.6 Å². The monoisotopic (exact) mass is 852 g/mol. The van der Waals surface area contributed by atoms with Gasteiger partial charge < -0.3 is 51.3 Å². The number of anilines is 2. The Morgan fingerprint density at radius 2 is 0.950 bits per heavy atom. The van der Waals surface area contributed by atoms with Gasteiger partial charge in [-0.05, 0) is 71.5 Å². The van der Waals surface area contributed by atoms with Crippen LogP contribution < -0.4 is 41.0 Å². The molecule has 0 amide bonds. The zero-order valence-corrected chi connectivity index (χ0v) is 35.2. The summed E-state index contributed by atoms with van der Waals surface area (Å²) >= 11 is 13.5. The Hall–Kier alpha value is -5.60. The first-order chi connectivity index (χ1) is 29.1. The van der Waals surface area contributed by atoms with E-state index in [4.69, 9.17) is 53.6 Å². The van der Waals surface area contributed by atoms with Crippen molar-refractivity contribution in [3.05, 3.63) is 152 Å². The molecule has 0 saturated carbocycles. The highest BCUT2D eigenvalue weighted by Crippen LogP contribution is 2.37. The third-order valence-corrected chi connectivity index (χ3v) is 10.4. The molecule has 0 saturated heterocycles. The molecule has 0 fully saturated rings. The predicted octanol–water partition coefficient (Wildman–Crippen LogP) is 7.71. The summed E-state index contributed by atoms with van der Waals surface area (Å²) in [5.74, 6) is 2.14. The minimum absolute atomic E-state index is 0.00737. The highest BCUT2D eigenvalue weighted by molar-refractivity contribution is 6.32. The quantitative estimate of drug-likeness (QED) is 0.0389. The number of nitrogens with zero attached hydrogens (tertiary/aromatic N) is 2. The summed E-state index contributed by atoms with van der Waals surface area (Å²) in [6.45, 7) is 6.95. The lowest BCUT2D eigenvalue weighted by atomic mass is 9.92. The molecule has 60 heavy (non-hydrogen) atoms. The van der Waals surface area contributed by atoms with Crippen LogP contribution in [0.25, 0.3) is 11.1 Å². The molecular formula is C46H50Cl2N6O6. The van der Waals surface area contributed by atoms with Crippen LogP contribution in [0.5, 0.6) is 23.0 Å². The molecule has 0 aliphatic rings. The van der Waals surface area contributed by atoms with Crippen molar-refractivity contribution >= 4 is 34.6 Å². The maximum absolute atomic E-state index is 9.30. The first kappa shape index (κ1) is 44.0. The molecule has 12 nitrogen and oxygen atoms in total. The number of nitrogen functional groups attached to an aromatic ring is 2. The zero-order chi connectivity index (χ0) is 42.4. The van der Waals surface area contributed by atoms with E-state index in [-0.39, 0.29) is 39.6 Å². The van der Waals surface area contributed by atoms with Gasteiger partial charge in [0.15, 0.2) is 0 Å². The second-order valence-electron chi connectivity index (χ2n) is 14.2. The summed E-state index contributed by atoms with van der Waals surface area (Å²) in [4.78, 5) is 8.32. The largest absolute Gasteiger partial charge is 0.488 e. The highest BCUT2D eigenvalue weighted by Gasteiger charge is 2.17. The van der Waals surface area contributed by atoms with Gasteiger partial charge in [-0.15, -0.1) is 0 Å². The number of rotatable bonds is 21. The predicted molar refractivity (Wildman–Crippen MR) is 236 cm³/mol. The van der Waals surface area contributed by atoms with Crippen LogP contribution in [0.3, 0.4) is 0 Å². The minimum atomic E-state index is 0.00737. The first-order valence-corrected chi connectivity index (χ1v) is 20.2. The Balaban J connectivity index is 1.18. The molecule has 0 unspecified atom stereocenters. The van der Waals surface area contributed by atoms with E-state index < -0.39 is 0 Å². The van der Waals surface area contributed by atoms with Gasteiger partial charge >= 0.3 is 0 Å². The number of pyridine rings is 2. The third kappa shape index (κ3) is 11.8. The average Bonchev–Trinajstić information content (AvgIpc) is 3.23. The van der Waals surface area contributed by atoms with E-state index in [2.05, 4.69) is 46.6 Å². The van der Waals surface area contributed by atoms with Crippen LogP contribution >= 0.6 is 23.2 Å². The molecule has 0 radical (unpaired) electrons. The lowest BCUT2D eigenvalue weighted by molar-refractivity contribution is 0.282. The Bertz CT molecular complexity index is 2220. The molecule has 0 spiro atoms. The Morgan fingerprint density at radius 3 is 1.35 bits per heavy atom. The number of hydrogen-bond acceptors (Lipinski definition) is 12. The number of hydrogen-bond donors (Lipinski definition) is 6. The fourth-order valence-corrected chi connectivity index (χ4v) is 7.07. The molecular weight excluding hydrogens is 803 g/mol. The van der Waals surface area contributed by atoms with Crippen LogP contribution in [0.15, 0.2) is 97.6 Å². The molecule has 6 aromatic rings. The van der Waals surface area contributed by atoms with Crippen LogP contribution in [-0.2, 0) is 39.5 Å². The fraction of sp³-hybridized carbons (Fsp3) is 0.261. The van der Waals surface area contributed by atoms with Gasteiger partial charge in [-0.2, -0.15) is 0 Å². The number of benzene rings is 4. The standard InChI is InChI=1S/C46H50Cl2N6O6/c1-29-33(27-59-45-17-43(35(15-41(45)47)21-51-9-11-55)57-25-31-13-37(49)23-53-19-31)5-3-7-39(29)40-8-4-6-34(30(40)2)28-60-46-18-44(36(16-42(46)48)22-52-10-12-56)58-26-32-14-38(50)24-54-20-32/h3-8,13-20,23-24,51-52,55-56H,9-12,21-22,25-28,49-50H2,1-2H3. The van der Waals surface area contributed by atoms with Crippen molar-refractivity contribution in [1.29, 1.82) is 0 Å². The molecule has 0 atom stereocenters. The third-order valence-electron chi connectivity index (χ3n) is 9.81. The molecule has 8 N–H and O–H groups in total. The highest BCUT2D eigenvalue weighted by atomic mass is 35.5. The van der Waals surface area contributed by atoms with Crippen LogP contribution in [0.4, 0.5) is 11.4 Å². The number of nitrogens with two attached hydrogens (primary N) is 2. The number of aromatic nitrogens is 2. The maximum atomic E-state index is 9.30. The van der Waals surface area contributed by atoms with Crippen molar-refractivity contribution in [3.63, 3.8) is 0 Å². The average molecular weight is 854 g/mol. The molecule has 2 aromatic heterocycles. The van der Waals surface area contributed by atoms with E-state index in [9.17, 15) is 10.2 Å². The maximum Gasteiger partial charge on any atom is 0.142 e. The lowest BCUT2D eigenvalue weighted by Gasteiger charge is -2.19. The second-order valence-corrected chi connectivity index (χ2v) is 15.0. The van der Waals surface area contributed by atoms with Crippen LogP contribution in [0.2, 0.25) is 10.0 Å². The minimum Gasteiger partial charge on any atom is -0.488 e. The Morgan fingerprint density at radius 1 is 0.533 bits per heavy atom. The fourth-order valence-electron chi connectivity index (χ4n) is 6.59. The number of nitrogens with one attached hydrogen (secondary N) is 2. The molecule has 0 aliphatic heterocycles. The van der Waals surface area contributed by atoms with Crippen molar-refractivity contribution < 1.29 is 29.2 Å². The summed E-state index contributed by atoms with van der Waals surface area (Å²) in [5, 5.41) is 25.9. The van der Waals surface area contributed by atoms with E-state index in [1.54, 1.807) is 36.9 Å². The second kappa shape index (κ2) is 21.6. The van der Waals surface area contributed by atoms with Gasteiger partial charge in [0, 0.05) is 85.4 Å². The molecule has 4 aromatic carbocycles. The van der Waals surface area contributed by atoms with Gasteiger partial charge in [-0.3, -0.25) is 9.97 Å². The first-order valence-electron chi connectivity index (χ1n) is 19.5. The van der Waals surface area contributed by atoms with E-state index in [1.165, 1.54) is 0 Å². The van der Waals surface area contributed by atoms with Gasteiger partial charge in [0.25, 0.3) is 0 Å². The zero-order valence-electron chi connectivity index (χ0n) is 33.6. The van der Waals surface area contributed by atoms with Crippen molar-refractivity contribution in [3.8, 4) is 34.1 Å².